The Bertz CT molecular complexity index is 811. The Morgan fingerprint density at radius 2 is 2.04 bits per heavy atom. The molecule has 2 fully saturated rings. The highest BCUT2D eigenvalue weighted by molar-refractivity contribution is 5.77. The van der Waals surface area contributed by atoms with Crippen molar-refractivity contribution in [2.45, 2.75) is 38.6 Å². The highest BCUT2D eigenvalue weighted by atomic mass is 16.3. The van der Waals surface area contributed by atoms with Gasteiger partial charge in [-0.15, -0.1) is 0 Å². The fraction of sp³-hybridized carbons (Fsp3) is 0.478. The zero-order valence-corrected chi connectivity index (χ0v) is 16.4. The summed E-state index contributed by atoms with van der Waals surface area (Å²) < 4.78 is 0. The van der Waals surface area contributed by atoms with E-state index < -0.39 is 0 Å². The van der Waals surface area contributed by atoms with Gasteiger partial charge in [0.1, 0.15) is 5.75 Å². The SMILES string of the molecule is O=C1CCC2(CCCN(Cc3cccc(O)c3)C2)CN1CCc1ccccn1. The van der Waals surface area contributed by atoms with Crippen molar-refractivity contribution in [2.24, 2.45) is 5.41 Å². The molecule has 1 unspecified atom stereocenters. The predicted molar refractivity (Wildman–Crippen MR) is 109 cm³/mol. The quantitative estimate of drug-likeness (QED) is 0.867. The van der Waals surface area contributed by atoms with Gasteiger partial charge in [-0.05, 0) is 55.6 Å². The summed E-state index contributed by atoms with van der Waals surface area (Å²) in [5.74, 6) is 0.611. The molecule has 28 heavy (non-hydrogen) atoms. The van der Waals surface area contributed by atoms with E-state index >= 15 is 0 Å². The molecule has 2 aromatic rings. The van der Waals surface area contributed by atoms with E-state index in [9.17, 15) is 9.90 Å². The molecule has 0 aliphatic carbocycles. The summed E-state index contributed by atoms with van der Waals surface area (Å²) in [5, 5.41) is 9.73. The number of phenols is 1. The molecular formula is C23H29N3O2. The van der Waals surface area contributed by atoms with Crippen LogP contribution in [-0.2, 0) is 17.8 Å². The minimum atomic E-state index is 0.201. The average Bonchev–Trinajstić information content (AvgIpc) is 2.70. The molecule has 2 saturated heterocycles. The smallest absolute Gasteiger partial charge is 0.222 e. The van der Waals surface area contributed by atoms with Gasteiger partial charge in [-0.25, -0.2) is 0 Å². The number of likely N-dealkylation sites (tertiary alicyclic amines) is 2. The molecule has 4 rings (SSSR count). The van der Waals surface area contributed by atoms with Gasteiger partial charge in [0.25, 0.3) is 0 Å². The number of carbonyl (C=O) groups excluding carboxylic acids is 1. The van der Waals surface area contributed by atoms with Crippen LogP contribution in [-0.4, -0.2) is 52.0 Å². The molecule has 2 aliphatic heterocycles. The molecule has 5 heteroatoms. The first kappa shape index (κ1) is 18.9. The van der Waals surface area contributed by atoms with Gasteiger partial charge in [-0.3, -0.25) is 14.7 Å². The van der Waals surface area contributed by atoms with E-state index in [4.69, 9.17) is 0 Å². The fourth-order valence-corrected chi connectivity index (χ4v) is 4.79. The molecule has 0 bridgehead atoms. The number of hydrogen-bond donors (Lipinski definition) is 1. The molecule has 5 nitrogen and oxygen atoms in total. The summed E-state index contributed by atoms with van der Waals surface area (Å²) in [6, 6.07) is 13.5. The maximum absolute atomic E-state index is 12.5. The first-order chi connectivity index (χ1) is 13.6. The van der Waals surface area contributed by atoms with Crippen LogP contribution in [0.1, 0.15) is 36.9 Å². The Morgan fingerprint density at radius 3 is 2.86 bits per heavy atom. The van der Waals surface area contributed by atoms with Crippen molar-refractivity contribution in [1.82, 2.24) is 14.8 Å². The second-order valence-corrected chi connectivity index (χ2v) is 8.37. The van der Waals surface area contributed by atoms with Crippen LogP contribution in [0.25, 0.3) is 0 Å². The average molecular weight is 380 g/mol. The van der Waals surface area contributed by atoms with Gasteiger partial charge in [-0.2, -0.15) is 0 Å². The lowest BCUT2D eigenvalue weighted by Crippen LogP contribution is -2.54. The monoisotopic (exact) mass is 379 g/mol. The molecule has 1 N–H and O–H groups in total. The number of carbonyl (C=O) groups is 1. The van der Waals surface area contributed by atoms with Crippen LogP contribution in [0.15, 0.2) is 48.7 Å². The van der Waals surface area contributed by atoms with Crippen LogP contribution in [0.2, 0.25) is 0 Å². The molecular weight excluding hydrogens is 350 g/mol. The molecule has 3 heterocycles. The summed E-state index contributed by atoms with van der Waals surface area (Å²) in [7, 11) is 0. The van der Waals surface area contributed by atoms with Crippen molar-refractivity contribution in [2.75, 3.05) is 26.2 Å². The van der Waals surface area contributed by atoms with Crippen LogP contribution in [0.5, 0.6) is 5.75 Å². The van der Waals surface area contributed by atoms with Crippen molar-refractivity contribution in [3.05, 3.63) is 59.9 Å². The zero-order chi connectivity index (χ0) is 19.4. The Hall–Kier alpha value is -2.40. The van der Waals surface area contributed by atoms with E-state index in [2.05, 4.69) is 20.9 Å². The maximum Gasteiger partial charge on any atom is 0.222 e. The van der Waals surface area contributed by atoms with Crippen LogP contribution < -0.4 is 0 Å². The molecule has 1 atom stereocenters. The van der Waals surface area contributed by atoms with Crippen molar-refractivity contribution in [3.63, 3.8) is 0 Å². The topological polar surface area (TPSA) is 56.7 Å². The van der Waals surface area contributed by atoms with Crippen molar-refractivity contribution in [3.8, 4) is 5.75 Å². The molecule has 148 valence electrons. The normalized spacial score (nSPS) is 23.3. The molecule has 1 aromatic carbocycles. The highest BCUT2D eigenvalue weighted by Gasteiger charge is 2.41. The van der Waals surface area contributed by atoms with Gasteiger partial charge < -0.3 is 10.0 Å². The second kappa shape index (κ2) is 8.31. The number of nitrogens with zero attached hydrogens (tertiary/aromatic N) is 3. The fourth-order valence-electron chi connectivity index (χ4n) is 4.79. The van der Waals surface area contributed by atoms with Crippen molar-refractivity contribution < 1.29 is 9.90 Å². The number of pyridine rings is 1. The third-order valence-electron chi connectivity index (χ3n) is 6.17. The summed E-state index contributed by atoms with van der Waals surface area (Å²) in [5.41, 5.74) is 2.40. The summed E-state index contributed by atoms with van der Waals surface area (Å²) in [6.45, 7) is 4.58. The summed E-state index contributed by atoms with van der Waals surface area (Å²) in [4.78, 5) is 21.5. The Balaban J connectivity index is 1.39. The number of phenolic OH excluding ortho intramolecular Hbond substituents is 1. The molecule has 1 amide bonds. The third-order valence-corrected chi connectivity index (χ3v) is 6.17. The number of aromatic nitrogens is 1. The van der Waals surface area contributed by atoms with Gasteiger partial charge in [0.2, 0.25) is 5.91 Å². The first-order valence-electron chi connectivity index (χ1n) is 10.3. The lowest BCUT2D eigenvalue weighted by atomic mass is 9.73. The van der Waals surface area contributed by atoms with Gasteiger partial charge in [-0.1, -0.05) is 18.2 Å². The van der Waals surface area contributed by atoms with E-state index in [-0.39, 0.29) is 11.3 Å². The molecule has 0 saturated carbocycles. The zero-order valence-electron chi connectivity index (χ0n) is 16.4. The molecule has 1 spiro atoms. The molecule has 1 aromatic heterocycles. The number of aromatic hydroxyl groups is 1. The Labute approximate surface area is 167 Å². The minimum Gasteiger partial charge on any atom is -0.508 e. The number of benzene rings is 1. The molecule has 2 aliphatic rings. The van der Waals surface area contributed by atoms with Crippen LogP contribution in [0.4, 0.5) is 0 Å². The van der Waals surface area contributed by atoms with Gasteiger partial charge in [0, 0.05) is 56.3 Å². The van der Waals surface area contributed by atoms with E-state index in [1.807, 2.05) is 36.5 Å². The lowest BCUT2D eigenvalue weighted by molar-refractivity contribution is -0.139. The highest BCUT2D eigenvalue weighted by Crippen LogP contribution is 2.39. The van der Waals surface area contributed by atoms with Crippen LogP contribution in [0, 0.1) is 5.41 Å². The summed E-state index contributed by atoms with van der Waals surface area (Å²) in [6.07, 6.45) is 6.63. The molecule has 0 radical (unpaired) electrons. The second-order valence-electron chi connectivity index (χ2n) is 8.37. The van der Waals surface area contributed by atoms with E-state index in [1.165, 1.54) is 12.8 Å². The van der Waals surface area contributed by atoms with E-state index in [0.717, 1.165) is 56.8 Å². The van der Waals surface area contributed by atoms with Gasteiger partial charge >= 0.3 is 0 Å². The van der Waals surface area contributed by atoms with Gasteiger partial charge in [0.15, 0.2) is 0 Å². The number of amides is 1. The standard InChI is InChI=1S/C23H29N3O2/c27-21-7-3-5-19(15-21)16-25-13-4-10-23(17-25)11-8-22(28)26(18-23)14-9-20-6-1-2-12-24-20/h1-3,5-7,12,15,27H,4,8-11,13-14,16-18H2. The van der Waals surface area contributed by atoms with Crippen LogP contribution >= 0.6 is 0 Å². The Kier molecular flexibility index (Phi) is 5.62. The first-order valence-corrected chi connectivity index (χ1v) is 10.3. The minimum absolute atomic E-state index is 0.201. The number of rotatable bonds is 5. The van der Waals surface area contributed by atoms with E-state index in [1.54, 1.807) is 6.07 Å². The van der Waals surface area contributed by atoms with Crippen LogP contribution in [0.3, 0.4) is 0 Å². The number of piperidine rings is 2. The lowest BCUT2D eigenvalue weighted by Gasteiger charge is -2.48. The van der Waals surface area contributed by atoms with Crippen molar-refractivity contribution in [1.29, 1.82) is 0 Å². The number of hydrogen-bond acceptors (Lipinski definition) is 4. The maximum atomic E-state index is 12.5. The predicted octanol–water partition coefficient (Wildman–Crippen LogP) is 3.23. The third kappa shape index (κ3) is 4.53. The Morgan fingerprint density at radius 1 is 1.11 bits per heavy atom. The summed E-state index contributed by atoms with van der Waals surface area (Å²) >= 11 is 0. The van der Waals surface area contributed by atoms with Gasteiger partial charge in [0.05, 0.1) is 0 Å². The van der Waals surface area contributed by atoms with E-state index in [0.29, 0.717) is 12.2 Å². The van der Waals surface area contributed by atoms with Crippen molar-refractivity contribution >= 4 is 5.91 Å². The largest absolute Gasteiger partial charge is 0.508 e.